The average molecular weight is 509 g/mol. The number of esters is 1. The number of methoxy groups -OCH3 is 1. The number of hydrogen-bond donors (Lipinski definition) is 2. The molecule has 2 heterocycles. The lowest BCUT2D eigenvalue weighted by Crippen LogP contribution is -2.64. The first-order valence-corrected chi connectivity index (χ1v) is 12.3. The Kier molecular flexibility index (Phi) is 8.13. The van der Waals surface area contributed by atoms with Gasteiger partial charge < -0.3 is 24.6 Å². The first-order valence-electron chi connectivity index (χ1n) is 12.3. The molecule has 2 aromatic carbocycles. The molecule has 9 heteroatoms. The zero-order valence-corrected chi connectivity index (χ0v) is 21.1. The lowest BCUT2D eigenvalue weighted by atomic mass is 9.82. The van der Waals surface area contributed by atoms with Gasteiger partial charge in [-0.3, -0.25) is 14.5 Å². The first kappa shape index (κ1) is 26.2. The first-order chi connectivity index (χ1) is 17.8. The summed E-state index contributed by atoms with van der Waals surface area (Å²) in [6, 6.07) is 13.9. The standard InChI is InChI=1S/C28H32N2O7/c1-18(32)29-15-22-14-23(20-9-7-19(8-10-20)11-12-31)24(25(16-29)30(22)28(34)35)17-37-27(33)13-21-5-3-4-6-26(21)36-2/h3-10,22,25,31H,11-17H2,1-2H3,(H,34,35)/t22-,25-/m1/s1. The number of ether oxygens (including phenoxy) is 2. The van der Waals surface area contributed by atoms with Gasteiger partial charge in [-0.1, -0.05) is 42.5 Å². The average Bonchev–Trinajstić information content (AvgIpc) is 2.88. The maximum atomic E-state index is 12.8. The number of fused-ring (bicyclic) bond motifs is 2. The van der Waals surface area contributed by atoms with E-state index in [1.807, 2.05) is 36.4 Å². The second-order valence-electron chi connectivity index (χ2n) is 9.31. The van der Waals surface area contributed by atoms with E-state index in [0.29, 0.717) is 36.3 Å². The Hall–Kier alpha value is -3.85. The van der Waals surface area contributed by atoms with E-state index in [-0.39, 0.29) is 32.1 Å². The van der Waals surface area contributed by atoms with E-state index in [1.54, 1.807) is 17.0 Å². The molecular weight excluding hydrogens is 476 g/mol. The molecule has 2 atom stereocenters. The molecule has 0 aliphatic carbocycles. The number of amides is 2. The number of aliphatic hydroxyl groups excluding tert-OH is 1. The summed E-state index contributed by atoms with van der Waals surface area (Å²) in [6.07, 6.45) is -0.116. The number of piperazine rings is 1. The van der Waals surface area contributed by atoms with E-state index in [1.165, 1.54) is 18.9 Å². The van der Waals surface area contributed by atoms with E-state index in [9.17, 15) is 24.6 Å². The van der Waals surface area contributed by atoms with Gasteiger partial charge in [0.2, 0.25) is 5.91 Å². The molecule has 196 valence electrons. The Morgan fingerprint density at radius 2 is 1.78 bits per heavy atom. The Labute approximate surface area is 215 Å². The third-order valence-corrected chi connectivity index (χ3v) is 7.07. The van der Waals surface area contributed by atoms with E-state index >= 15 is 0 Å². The Balaban J connectivity index is 1.66. The summed E-state index contributed by atoms with van der Waals surface area (Å²) in [5.41, 5.74) is 4.19. The predicted octanol–water partition coefficient (Wildman–Crippen LogP) is 2.75. The molecule has 1 saturated heterocycles. The van der Waals surface area contributed by atoms with E-state index < -0.39 is 24.1 Å². The second-order valence-corrected chi connectivity index (χ2v) is 9.31. The van der Waals surface area contributed by atoms with Crippen molar-refractivity contribution in [3.63, 3.8) is 0 Å². The highest BCUT2D eigenvalue weighted by molar-refractivity contribution is 5.80. The summed E-state index contributed by atoms with van der Waals surface area (Å²) in [5.74, 6) is 0.00602. The minimum atomic E-state index is -1.06. The molecule has 0 saturated carbocycles. The number of carbonyl (C=O) groups excluding carboxylic acids is 2. The van der Waals surface area contributed by atoms with Crippen LogP contribution in [-0.4, -0.2) is 83.5 Å². The monoisotopic (exact) mass is 508 g/mol. The van der Waals surface area contributed by atoms with Crippen LogP contribution in [0.1, 0.15) is 30.0 Å². The Morgan fingerprint density at radius 3 is 2.43 bits per heavy atom. The van der Waals surface area contributed by atoms with Crippen LogP contribution in [0, 0.1) is 0 Å². The number of aliphatic hydroxyl groups is 1. The highest BCUT2D eigenvalue weighted by Crippen LogP contribution is 2.38. The summed E-state index contributed by atoms with van der Waals surface area (Å²) in [6.45, 7) is 1.95. The van der Waals surface area contributed by atoms with Gasteiger partial charge in [-0.25, -0.2) is 4.79 Å². The lowest BCUT2D eigenvalue weighted by molar-refractivity contribution is -0.142. The van der Waals surface area contributed by atoms with Gasteiger partial charge >= 0.3 is 12.1 Å². The number of carboxylic acid groups (broad SMARTS) is 1. The van der Waals surface area contributed by atoms with Crippen molar-refractivity contribution in [2.24, 2.45) is 0 Å². The van der Waals surface area contributed by atoms with Crippen LogP contribution in [0.3, 0.4) is 0 Å². The van der Waals surface area contributed by atoms with Crippen molar-refractivity contribution in [3.8, 4) is 5.75 Å². The molecular formula is C28H32N2O7. The molecule has 4 rings (SSSR count). The van der Waals surface area contributed by atoms with Crippen LogP contribution in [0.2, 0.25) is 0 Å². The molecule has 0 aromatic heterocycles. The highest BCUT2D eigenvalue weighted by atomic mass is 16.5. The summed E-state index contributed by atoms with van der Waals surface area (Å²) in [7, 11) is 1.54. The normalized spacial score (nSPS) is 19.0. The summed E-state index contributed by atoms with van der Waals surface area (Å²) in [4.78, 5) is 40.4. The summed E-state index contributed by atoms with van der Waals surface area (Å²) in [5, 5.41) is 19.3. The molecule has 2 aromatic rings. The van der Waals surface area contributed by atoms with Crippen LogP contribution in [0.4, 0.5) is 4.79 Å². The maximum Gasteiger partial charge on any atom is 0.408 e. The fourth-order valence-corrected chi connectivity index (χ4v) is 5.23. The minimum Gasteiger partial charge on any atom is -0.496 e. The zero-order valence-electron chi connectivity index (χ0n) is 21.1. The Bertz CT molecular complexity index is 1190. The van der Waals surface area contributed by atoms with Gasteiger partial charge in [0.25, 0.3) is 0 Å². The fourth-order valence-electron chi connectivity index (χ4n) is 5.23. The predicted molar refractivity (Wildman–Crippen MR) is 136 cm³/mol. The quantitative estimate of drug-likeness (QED) is 0.527. The molecule has 2 bridgehead atoms. The third-order valence-electron chi connectivity index (χ3n) is 7.07. The van der Waals surface area contributed by atoms with Gasteiger partial charge in [0.1, 0.15) is 12.4 Å². The van der Waals surface area contributed by atoms with Crippen molar-refractivity contribution >= 4 is 23.5 Å². The summed E-state index contributed by atoms with van der Waals surface area (Å²) < 4.78 is 11.0. The van der Waals surface area contributed by atoms with Crippen LogP contribution in [0.5, 0.6) is 5.75 Å². The molecule has 37 heavy (non-hydrogen) atoms. The second kappa shape index (κ2) is 11.5. The molecule has 2 aliphatic rings. The lowest BCUT2D eigenvalue weighted by Gasteiger charge is -2.50. The number of nitrogens with zero attached hydrogens (tertiary/aromatic N) is 2. The highest BCUT2D eigenvalue weighted by Gasteiger charge is 2.45. The largest absolute Gasteiger partial charge is 0.496 e. The van der Waals surface area contributed by atoms with E-state index in [0.717, 1.165) is 16.7 Å². The van der Waals surface area contributed by atoms with Crippen LogP contribution in [0.15, 0.2) is 54.1 Å². The van der Waals surface area contributed by atoms with Crippen molar-refractivity contribution in [1.29, 1.82) is 0 Å². The SMILES string of the molecule is COc1ccccc1CC(=O)OCC1=C(c2ccc(CCO)cc2)C[C@@H]2CN(C(C)=O)C[C@H]1N2C(=O)O. The number of rotatable bonds is 8. The van der Waals surface area contributed by atoms with Gasteiger partial charge in [-0.15, -0.1) is 0 Å². The Morgan fingerprint density at radius 1 is 1.05 bits per heavy atom. The van der Waals surface area contributed by atoms with Crippen LogP contribution < -0.4 is 4.74 Å². The number of hydrogen-bond acceptors (Lipinski definition) is 6. The summed E-state index contributed by atoms with van der Waals surface area (Å²) >= 11 is 0. The van der Waals surface area contributed by atoms with Crippen molar-refractivity contribution in [3.05, 3.63) is 70.8 Å². The van der Waals surface area contributed by atoms with Gasteiger partial charge in [-0.05, 0) is 41.2 Å². The zero-order chi connectivity index (χ0) is 26.5. The molecule has 2 N–H and O–H groups in total. The third kappa shape index (κ3) is 5.77. The van der Waals surface area contributed by atoms with E-state index in [4.69, 9.17) is 9.47 Å². The maximum absolute atomic E-state index is 12.8. The van der Waals surface area contributed by atoms with Crippen molar-refractivity contribution in [2.75, 3.05) is 33.4 Å². The molecule has 0 radical (unpaired) electrons. The topological polar surface area (TPSA) is 117 Å². The molecule has 0 unspecified atom stereocenters. The molecule has 0 spiro atoms. The van der Waals surface area contributed by atoms with Gasteiger partial charge in [0.05, 0.1) is 25.6 Å². The minimum absolute atomic E-state index is 0.0119. The van der Waals surface area contributed by atoms with Crippen molar-refractivity contribution in [1.82, 2.24) is 9.80 Å². The van der Waals surface area contributed by atoms with Crippen LogP contribution >= 0.6 is 0 Å². The smallest absolute Gasteiger partial charge is 0.408 e. The molecule has 2 amide bonds. The number of benzene rings is 2. The van der Waals surface area contributed by atoms with Gasteiger partial charge in [0.15, 0.2) is 0 Å². The fraction of sp³-hybridized carbons (Fsp3) is 0.393. The molecule has 2 aliphatic heterocycles. The van der Waals surface area contributed by atoms with Gasteiger partial charge in [-0.2, -0.15) is 0 Å². The molecule has 1 fully saturated rings. The van der Waals surface area contributed by atoms with Crippen LogP contribution in [-0.2, 0) is 27.2 Å². The van der Waals surface area contributed by atoms with Crippen molar-refractivity contribution < 1.29 is 34.1 Å². The van der Waals surface area contributed by atoms with Gasteiger partial charge in [0, 0.05) is 32.2 Å². The van der Waals surface area contributed by atoms with Crippen LogP contribution in [0.25, 0.3) is 5.57 Å². The molecule has 9 nitrogen and oxygen atoms in total. The van der Waals surface area contributed by atoms with Crippen molar-refractivity contribution in [2.45, 2.75) is 38.3 Å². The number of carbonyl (C=O) groups is 3. The van der Waals surface area contributed by atoms with E-state index in [2.05, 4.69) is 0 Å². The number of para-hydroxylation sites is 1.